The minimum atomic E-state index is -0.00879. The quantitative estimate of drug-likeness (QED) is 0.154. The van der Waals surface area contributed by atoms with Gasteiger partial charge in [0.25, 0.3) is 11.8 Å². The van der Waals surface area contributed by atoms with E-state index in [1.54, 1.807) is 4.90 Å². The first-order chi connectivity index (χ1) is 37.6. The zero-order valence-corrected chi connectivity index (χ0v) is 50.3. The molecular formula is C66H96N8O6S2. The second-order valence-electron chi connectivity index (χ2n) is 23.9. The molecule has 0 aromatic heterocycles. The monoisotopic (exact) mass is 1160 g/mol. The molecule has 4 aromatic rings. The molecule has 2 saturated carbocycles. The maximum Gasteiger partial charge on any atom is 0.320 e. The number of benzene rings is 4. The minimum absolute atomic E-state index is 0. The second kappa shape index (κ2) is 28.9. The molecule has 1 spiro atoms. The van der Waals surface area contributed by atoms with Crippen LogP contribution < -0.4 is 0 Å². The molecule has 2 unspecified atom stereocenters. The van der Waals surface area contributed by atoms with Crippen LogP contribution in [0.5, 0.6) is 0 Å². The number of nitrogens with zero attached hydrogens (tertiary/aromatic N) is 8. The number of carbonyl (C=O) groups is 5. The molecule has 0 bridgehead atoms. The highest BCUT2D eigenvalue weighted by atomic mass is 32.1. The Morgan fingerprint density at radius 1 is 0.451 bits per heavy atom. The van der Waals surface area contributed by atoms with Gasteiger partial charge in [-0.05, 0) is 131 Å². The van der Waals surface area contributed by atoms with Crippen LogP contribution in [0.25, 0.3) is 22.3 Å². The van der Waals surface area contributed by atoms with Gasteiger partial charge in [0.15, 0.2) is 0 Å². The lowest BCUT2D eigenvalue weighted by atomic mass is 9.77. The Kier molecular flexibility index (Phi) is 23.2. The molecule has 448 valence electrons. The molecule has 4 aromatic carbocycles. The van der Waals surface area contributed by atoms with Crippen molar-refractivity contribution in [1.29, 1.82) is 0 Å². The van der Waals surface area contributed by atoms with E-state index in [2.05, 4.69) is 72.2 Å². The number of rotatable bonds is 10. The van der Waals surface area contributed by atoms with E-state index in [1.165, 1.54) is 43.2 Å². The lowest BCUT2D eigenvalue weighted by molar-refractivity contribution is -0.171. The molecule has 2 aliphatic carbocycles. The zero-order valence-electron chi connectivity index (χ0n) is 48.3. The van der Waals surface area contributed by atoms with E-state index in [0.717, 1.165) is 93.6 Å². The number of ketones is 1. The van der Waals surface area contributed by atoms with E-state index in [1.807, 2.05) is 101 Å². The van der Waals surface area contributed by atoms with Gasteiger partial charge >= 0.3 is 12.1 Å². The van der Waals surface area contributed by atoms with Crippen LogP contribution in [0.3, 0.4) is 0 Å². The lowest BCUT2D eigenvalue weighted by Gasteiger charge is -2.48. The first-order valence-corrected chi connectivity index (χ1v) is 29.2. The Morgan fingerprint density at radius 2 is 0.780 bits per heavy atom. The number of likely N-dealkylation sites (tertiary alicyclic amines) is 4. The van der Waals surface area contributed by atoms with Crippen LogP contribution in [-0.2, 0) is 9.53 Å². The molecule has 6 amide bonds. The summed E-state index contributed by atoms with van der Waals surface area (Å²) in [4.78, 5) is 81.4. The number of likely N-dealkylation sites (N-methyl/N-ethyl adjacent to an activating group) is 4. The first-order valence-electron chi connectivity index (χ1n) is 29.2. The largest absolute Gasteiger partial charge is 0.375 e. The van der Waals surface area contributed by atoms with Crippen molar-refractivity contribution in [2.45, 2.75) is 154 Å². The van der Waals surface area contributed by atoms with Crippen LogP contribution in [0.2, 0.25) is 0 Å². The summed E-state index contributed by atoms with van der Waals surface area (Å²) in [6, 6.07) is 34.2. The average Bonchev–Trinajstić information content (AvgIpc) is 4.35. The van der Waals surface area contributed by atoms with E-state index < -0.39 is 0 Å². The van der Waals surface area contributed by atoms with Crippen LogP contribution in [0.15, 0.2) is 97.1 Å². The molecule has 4 atom stereocenters. The van der Waals surface area contributed by atoms with Gasteiger partial charge in [-0.1, -0.05) is 98.8 Å². The minimum Gasteiger partial charge on any atom is -0.375 e. The van der Waals surface area contributed by atoms with Gasteiger partial charge in [-0.3, -0.25) is 24.2 Å². The van der Waals surface area contributed by atoms with E-state index in [-0.39, 0.29) is 95.5 Å². The van der Waals surface area contributed by atoms with Gasteiger partial charge in [-0.15, -0.1) is 0 Å². The van der Waals surface area contributed by atoms with Crippen molar-refractivity contribution in [3.63, 3.8) is 0 Å². The molecule has 7 fully saturated rings. The number of ether oxygens (including phenoxy) is 1. The van der Waals surface area contributed by atoms with Crippen molar-refractivity contribution in [3.8, 4) is 22.3 Å². The number of hydrogen-bond acceptors (Lipinski definition) is 8. The summed E-state index contributed by atoms with van der Waals surface area (Å²) in [6.07, 6.45) is 12.9. The summed E-state index contributed by atoms with van der Waals surface area (Å²) in [5, 5.41) is 0. The van der Waals surface area contributed by atoms with Crippen LogP contribution >= 0.6 is 27.0 Å². The molecule has 82 heavy (non-hydrogen) atoms. The fraction of sp³-hybridized carbons (Fsp3) is 0.561. The topological polar surface area (TPSA) is 120 Å². The van der Waals surface area contributed by atoms with Gasteiger partial charge in [0.1, 0.15) is 5.78 Å². The Morgan fingerprint density at radius 3 is 1.13 bits per heavy atom. The molecule has 16 heteroatoms. The van der Waals surface area contributed by atoms with Crippen molar-refractivity contribution >= 4 is 56.7 Å². The Bertz CT molecular complexity index is 2740. The fourth-order valence-corrected chi connectivity index (χ4v) is 13.5. The summed E-state index contributed by atoms with van der Waals surface area (Å²) in [5.41, 5.74) is 8.48. The van der Waals surface area contributed by atoms with Crippen molar-refractivity contribution in [2.75, 3.05) is 87.2 Å². The third kappa shape index (κ3) is 14.9. The van der Waals surface area contributed by atoms with Crippen molar-refractivity contribution in [3.05, 3.63) is 119 Å². The van der Waals surface area contributed by atoms with Crippen LogP contribution in [0, 0.1) is 13.8 Å². The highest BCUT2D eigenvalue weighted by Gasteiger charge is 2.45. The van der Waals surface area contributed by atoms with Gasteiger partial charge in [0.05, 0.1) is 24.3 Å². The van der Waals surface area contributed by atoms with E-state index in [0.29, 0.717) is 68.0 Å². The van der Waals surface area contributed by atoms with Crippen LogP contribution in [0.1, 0.15) is 130 Å². The number of hydrogen-bond donors (Lipinski definition) is 0. The van der Waals surface area contributed by atoms with Gasteiger partial charge in [0, 0.05) is 129 Å². The van der Waals surface area contributed by atoms with Crippen LogP contribution in [-0.4, -0.2) is 198 Å². The SMILES string of the molecule is C.C.Cc1ccc(-c2ccc(C(=O)N(C)[C@H]3CCN(C(=O)N(C)C4CCN(C5CCC(=O)CC5)C4)C3)cc2)cc1.Cc1ccc(-c2ccc(C(=O)N(C)[C@H]3CCN(C(=O)N(C)C4CCN(C5CCC6(CCO6)CC5)C4)C3)cc2)cc1.S.S. The molecule has 7 aliphatic rings. The first kappa shape index (κ1) is 65.8. The number of Topliss-reactive ketones (excluding diaryl/α,β-unsaturated/α-hetero) is 1. The van der Waals surface area contributed by atoms with Crippen LogP contribution in [0.4, 0.5) is 9.59 Å². The standard InChI is InChI=1S/C33H44N4O3.C31H40N4O3.2CH4.2H2S/c1-24-4-6-25(7-5-24)26-8-10-27(11-9-26)31(38)34(2)29-15-20-37(23-29)32(39)35(3)30-14-19-36(22-30)28-12-16-33(17-13-28)18-21-40-33;1-22-4-6-23(7-5-22)24-8-10-25(11-9-24)30(37)32(2)27-17-19-35(21-27)31(38)33(3)28-16-18-34(20-28)26-12-14-29(36)15-13-26;;;;/h4-11,28-30H,12-23H2,1-3H3;4-11,26-28H,12-21H2,1-3H3;2*1H4;2*1H2/t28?,29-,30?,33?;27-,28?;;;;/m00..../s1. The predicted molar refractivity (Wildman–Crippen MR) is 341 cm³/mol. The van der Waals surface area contributed by atoms with Crippen molar-refractivity contribution < 1.29 is 28.7 Å². The number of amides is 6. The van der Waals surface area contributed by atoms with Crippen molar-refractivity contribution in [2.24, 2.45) is 0 Å². The fourth-order valence-electron chi connectivity index (χ4n) is 13.5. The van der Waals surface area contributed by atoms with Gasteiger partial charge < -0.3 is 34.1 Å². The average molecular weight is 1160 g/mol. The summed E-state index contributed by atoms with van der Waals surface area (Å²) >= 11 is 0. The maximum atomic E-state index is 13.5. The third-order valence-electron chi connectivity index (χ3n) is 19.1. The highest BCUT2D eigenvalue weighted by Crippen LogP contribution is 2.42. The maximum absolute atomic E-state index is 13.5. The summed E-state index contributed by atoms with van der Waals surface area (Å²) < 4.78 is 5.91. The number of carbonyl (C=O) groups excluding carboxylic acids is 5. The molecule has 5 heterocycles. The molecular weight excluding hydrogens is 1060 g/mol. The number of aryl methyl sites for hydroxylation is 2. The van der Waals surface area contributed by atoms with E-state index >= 15 is 0 Å². The Balaban J connectivity index is 0.000000252. The Hall–Kier alpha value is -5.39. The third-order valence-corrected chi connectivity index (χ3v) is 19.1. The predicted octanol–water partition coefficient (Wildman–Crippen LogP) is 11.0. The zero-order chi connectivity index (χ0) is 54.7. The van der Waals surface area contributed by atoms with Crippen molar-refractivity contribution in [1.82, 2.24) is 39.2 Å². The molecule has 14 nitrogen and oxygen atoms in total. The normalized spacial score (nSPS) is 24.4. The molecule has 5 saturated heterocycles. The lowest BCUT2D eigenvalue weighted by Crippen LogP contribution is -2.51. The van der Waals surface area contributed by atoms with E-state index in [4.69, 9.17) is 4.74 Å². The van der Waals surface area contributed by atoms with Gasteiger partial charge in [-0.2, -0.15) is 27.0 Å². The molecule has 0 radical (unpaired) electrons. The smallest absolute Gasteiger partial charge is 0.320 e. The van der Waals surface area contributed by atoms with Gasteiger partial charge in [0.2, 0.25) is 0 Å². The summed E-state index contributed by atoms with van der Waals surface area (Å²) in [7, 11) is 7.60. The van der Waals surface area contributed by atoms with E-state index in [9.17, 15) is 24.0 Å². The second-order valence-corrected chi connectivity index (χ2v) is 23.9. The molecule has 0 N–H and O–H groups in total. The highest BCUT2D eigenvalue weighted by molar-refractivity contribution is 7.59. The summed E-state index contributed by atoms with van der Waals surface area (Å²) in [5.74, 6) is 0.386. The van der Waals surface area contributed by atoms with Gasteiger partial charge in [-0.25, -0.2) is 9.59 Å². The molecule has 5 aliphatic heterocycles. The summed E-state index contributed by atoms with van der Waals surface area (Å²) in [6.45, 7) is 11.5. The molecule has 11 rings (SSSR count). The Labute approximate surface area is 504 Å². The number of urea groups is 2.